The third-order valence-electron chi connectivity index (χ3n) is 5.08. The van der Waals surface area contributed by atoms with Crippen LogP contribution >= 0.6 is 34.8 Å². The first kappa shape index (κ1) is 21.2. The van der Waals surface area contributed by atoms with Crippen molar-refractivity contribution in [3.05, 3.63) is 91.6 Å². The highest BCUT2D eigenvalue weighted by Crippen LogP contribution is 2.38. The van der Waals surface area contributed by atoms with Crippen molar-refractivity contribution in [1.82, 2.24) is 0 Å². The summed E-state index contributed by atoms with van der Waals surface area (Å²) in [7, 11) is 0. The Hall–Kier alpha value is -2.70. The van der Waals surface area contributed by atoms with Crippen LogP contribution in [0.3, 0.4) is 0 Å². The molecule has 5 rings (SSSR count). The van der Waals surface area contributed by atoms with E-state index in [9.17, 15) is 4.79 Å². The molecule has 0 fully saturated rings. The minimum Gasteiger partial charge on any atom is -0.489 e. The lowest BCUT2D eigenvalue weighted by Crippen LogP contribution is -2.12. The van der Waals surface area contributed by atoms with Crippen LogP contribution < -0.4 is 14.2 Å². The van der Waals surface area contributed by atoms with Crippen molar-refractivity contribution in [2.75, 3.05) is 6.79 Å². The van der Waals surface area contributed by atoms with E-state index >= 15 is 0 Å². The molecule has 2 aliphatic heterocycles. The number of halogens is 3. The molecule has 0 aliphatic carbocycles. The number of Topliss-reactive ketones (excluding diaryl/α,β-unsaturated/α-hetero) is 1. The second-order valence-electron chi connectivity index (χ2n) is 7.18. The molecule has 0 amide bonds. The van der Waals surface area contributed by atoms with Gasteiger partial charge in [-0.25, -0.2) is 0 Å². The van der Waals surface area contributed by atoms with Gasteiger partial charge in [0.2, 0.25) is 5.78 Å². The Morgan fingerprint density at radius 2 is 1.84 bits per heavy atom. The normalized spacial score (nSPS) is 15.7. The molecule has 0 saturated carbocycles. The maximum Gasteiger partial charge on any atom is 0.231 e. The molecule has 2 heterocycles. The van der Waals surface area contributed by atoms with Crippen molar-refractivity contribution >= 4 is 46.7 Å². The standard InChI is InChI=1S/C24H15Cl3O5/c25-15-6-13(24-14(7-15)10-29-12-31-24)8-22-23(28)17-5-4-16(9-21(17)32-22)30-11-18-19(26)2-1-3-20(18)27/h1-9H,10-12H2/b22-8-. The van der Waals surface area contributed by atoms with Crippen molar-refractivity contribution in [3.8, 4) is 17.2 Å². The Morgan fingerprint density at radius 3 is 2.66 bits per heavy atom. The predicted molar refractivity (Wildman–Crippen MR) is 122 cm³/mol. The molecule has 0 unspecified atom stereocenters. The van der Waals surface area contributed by atoms with Gasteiger partial charge in [-0.2, -0.15) is 0 Å². The van der Waals surface area contributed by atoms with Gasteiger partial charge in [0, 0.05) is 37.8 Å². The highest BCUT2D eigenvalue weighted by Gasteiger charge is 2.29. The highest BCUT2D eigenvalue weighted by molar-refractivity contribution is 6.36. The summed E-state index contributed by atoms with van der Waals surface area (Å²) in [4.78, 5) is 12.9. The van der Waals surface area contributed by atoms with Crippen molar-refractivity contribution in [2.24, 2.45) is 0 Å². The zero-order chi connectivity index (χ0) is 22.2. The van der Waals surface area contributed by atoms with Crippen LogP contribution in [0.4, 0.5) is 0 Å². The fourth-order valence-electron chi connectivity index (χ4n) is 3.54. The van der Waals surface area contributed by atoms with Crippen LogP contribution in [0.5, 0.6) is 17.2 Å². The molecular formula is C24H15Cl3O5. The lowest BCUT2D eigenvalue weighted by molar-refractivity contribution is -0.0165. The Morgan fingerprint density at radius 1 is 1.03 bits per heavy atom. The monoisotopic (exact) mass is 488 g/mol. The molecule has 0 bridgehead atoms. The largest absolute Gasteiger partial charge is 0.489 e. The molecule has 3 aromatic carbocycles. The molecule has 8 heteroatoms. The van der Waals surface area contributed by atoms with Gasteiger partial charge < -0.3 is 18.9 Å². The number of fused-ring (bicyclic) bond motifs is 2. The van der Waals surface area contributed by atoms with E-state index < -0.39 is 0 Å². The smallest absolute Gasteiger partial charge is 0.231 e. The van der Waals surface area contributed by atoms with Crippen LogP contribution in [0, 0.1) is 0 Å². The van der Waals surface area contributed by atoms with Gasteiger partial charge in [0.25, 0.3) is 0 Å². The second-order valence-corrected chi connectivity index (χ2v) is 8.43. The van der Waals surface area contributed by atoms with E-state index in [4.69, 9.17) is 53.8 Å². The van der Waals surface area contributed by atoms with E-state index in [1.165, 1.54) is 0 Å². The van der Waals surface area contributed by atoms with Gasteiger partial charge in [-0.15, -0.1) is 0 Å². The Balaban J connectivity index is 1.39. The zero-order valence-corrected chi connectivity index (χ0v) is 18.8. The summed E-state index contributed by atoms with van der Waals surface area (Å²) in [6, 6.07) is 13.8. The van der Waals surface area contributed by atoms with Crippen molar-refractivity contribution in [1.29, 1.82) is 0 Å². The SMILES string of the molecule is O=C1/C(=C/c2cc(Cl)cc3c2OCOC3)Oc2cc(OCc3c(Cl)cccc3Cl)ccc21. The van der Waals surface area contributed by atoms with Crippen LogP contribution in [0.2, 0.25) is 15.1 Å². The van der Waals surface area contributed by atoms with Crippen molar-refractivity contribution < 1.29 is 23.7 Å². The number of benzene rings is 3. The number of carbonyl (C=O) groups is 1. The van der Waals surface area contributed by atoms with Gasteiger partial charge in [0.15, 0.2) is 12.6 Å². The number of carbonyl (C=O) groups excluding carboxylic acids is 1. The van der Waals surface area contributed by atoms with Crippen LogP contribution in [0.1, 0.15) is 27.0 Å². The van der Waals surface area contributed by atoms with E-state index in [-0.39, 0.29) is 24.9 Å². The summed E-state index contributed by atoms with van der Waals surface area (Å²) in [6.45, 7) is 0.704. The molecule has 0 radical (unpaired) electrons. The molecule has 5 nitrogen and oxygen atoms in total. The lowest BCUT2D eigenvalue weighted by Gasteiger charge is -2.20. The molecule has 0 atom stereocenters. The van der Waals surface area contributed by atoms with E-state index in [2.05, 4.69) is 0 Å². The minimum atomic E-state index is -0.235. The van der Waals surface area contributed by atoms with E-state index in [1.807, 2.05) is 0 Å². The summed E-state index contributed by atoms with van der Waals surface area (Å²) >= 11 is 18.6. The maximum atomic E-state index is 12.9. The molecular weight excluding hydrogens is 475 g/mol. The molecule has 162 valence electrons. The number of allylic oxidation sites excluding steroid dienone is 1. The van der Waals surface area contributed by atoms with E-state index in [0.717, 1.165) is 5.56 Å². The van der Waals surface area contributed by atoms with Gasteiger partial charge in [-0.1, -0.05) is 40.9 Å². The summed E-state index contributed by atoms with van der Waals surface area (Å²) < 4.78 is 22.6. The van der Waals surface area contributed by atoms with Crippen LogP contribution in [-0.2, 0) is 18.0 Å². The molecule has 0 spiro atoms. The average Bonchev–Trinajstić information content (AvgIpc) is 3.08. The molecule has 3 aromatic rings. The predicted octanol–water partition coefficient (Wildman–Crippen LogP) is 6.71. The fraction of sp³-hybridized carbons (Fsp3) is 0.125. The summed E-state index contributed by atoms with van der Waals surface area (Å²) in [5.41, 5.74) is 2.59. The van der Waals surface area contributed by atoms with Gasteiger partial charge in [-0.3, -0.25) is 4.79 Å². The van der Waals surface area contributed by atoms with Crippen LogP contribution in [-0.4, -0.2) is 12.6 Å². The van der Waals surface area contributed by atoms with Gasteiger partial charge >= 0.3 is 0 Å². The fourth-order valence-corrected chi connectivity index (χ4v) is 4.30. The quantitative estimate of drug-likeness (QED) is 0.381. The maximum absolute atomic E-state index is 12.9. The van der Waals surface area contributed by atoms with E-state index in [0.29, 0.717) is 55.6 Å². The Kier molecular flexibility index (Phi) is 5.74. The molecule has 32 heavy (non-hydrogen) atoms. The van der Waals surface area contributed by atoms with Crippen molar-refractivity contribution in [2.45, 2.75) is 13.2 Å². The number of ether oxygens (including phenoxy) is 4. The molecule has 0 saturated heterocycles. The second kappa shape index (κ2) is 8.68. The first-order valence-electron chi connectivity index (χ1n) is 9.66. The van der Waals surface area contributed by atoms with E-state index in [1.54, 1.807) is 54.6 Å². The number of ketones is 1. The molecule has 0 aromatic heterocycles. The summed E-state index contributed by atoms with van der Waals surface area (Å²) in [5, 5.41) is 1.56. The average molecular weight is 490 g/mol. The third-order valence-corrected chi connectivity index (χ3v) is 6.00. The van der Waals surface area contributed by atoms with Gasteiger partial charge in [0.05, 0.1) is 12.2 Å². The number of rotatable bonds is 4. The number of hydrogen-bond acceptors (Lipinski definition) is 5. The van der Waals surface area contributed by atoms with Gasteiger partial charge in [0.1, 0.15) is 23.9 Å². The number of hydrogen-bond donors (Lipinski definition) is 0. The van der Waals surface area contributed by atoms with Crippen molar-refractivity contribution in [3.63, 3.8) is 0 Å². The summed E-state index contributed by atoms with van der Waals surface area (Å²) in [5.74, 6) is 1.49. The summed E-state index contributed by atoms with van der Waals surface area (Å²) in [6.07, 6.45) is 1.63. The zero-order valence-electron chi connectivity index (χ0n) is 16.5. The lowest BCUT2D eigenvalue weighted by atomic mass is 10.1. The molecule has 2 aliphatic rings. The Bertz CT molecular complexity index is 1250. The van der Waals surface area contributed by atoms with Gasteiger partial charge in [-0.05, 0) is 42.5 Å². The first-order valence-corrected chi connectivity index (χ1v) is 10.8. The topological polar surface area (TPSA) is 54.0 Å². The molecule has 0 N–H and O–H groups in total. The van der Waals surface area contributed by atoms with Crippen LogP contribution in [0.25, 0.3) is 6.08 Å². The Labute approximate surface area is 199 Å². The highest BCUT2D eigenvalue weighted by atomic mass is 35.5. The minimum absolute atomic E-state index is 0.135. The first-order chi connectivity index (χ1) is 15.5. The third kappa shape index (κ3) is 4.05. The van der Waals surface area contributed by atoms with Crippen LogP contribution in [0.15, 0.2) is 54.3 Å².